The van der Waals surface area contributed by atoms with Gasteiger partial charge in [0.05, 0.1) is 13.7 Å². The van der Waals surface area contributed by atoms with Gasteiger partial charge >= 0.3 is 17.9 Å². The van der Waals surface area contributed by atoms with E-state index >= 15 is 0 Å². The highest BCUT2D eigenvalue weighted by molar-refractivity contribution is 5.84. The van der Waals surface area contributed by atoms with Gasteiger partial charge in [0.15, 0.2) is 0 Å². The van der Waals surface area contributed by atoms with Gasteiger partial charge in [0.1, 0.15) is 0 Å². The third-order valence-corrected chi connectivity index (χ3v) is 1.45. The minimum absolute atomic E-state index is 0.0461. The van der Waals surface area contributed by atoms with Gasteiger partial charge in [-0.1, -0.05) is 19.7 Å². The van der Waals surface area contributed by atoms with Crippen LogP contribution in [0.25, 0.3) is 0 Å². The predicted molar refractivity (Wildman–Crippen MR) is 77.5 cm³/mol. The van der Waals surface area contributed by atoms with Gasteiger partial charge in [0, 0.05) is 30.8 Å². The Balaban J connectivity index is -0.000000240. The van der Waals surface area contributed by atoms with Crippen LogP contribution in [0.1, 0.15) is 13.3 Å². The molecule has 2 N–H and O–H groups in total. The maximum Gasteiger partial charge on any atom is 0.330 e. The van der Waals surface area contributed by atoms with Gasteiger partial charge in [0.25, 0.3) is 0 Å². The lowest BCUT2D eigenvalue weighted by molar-refractivity contribution is -0.138. The first kappa shape index (κ1) is 23.7. The fraction of sp³-hybridized carbons (Fsp3) is 0.357. The van der Waals surface area contributed by atoms with Crippen molar-refractivity contribution in [2.75, 3.05) is 20.3 Å². The Kier molecular flexibility index (Phi) is 19.8. The molecular formula is C14H22O7. The first-order valence-corrected chi connectivity index (χ1v) is 5.75. The lowest BCUT2D eigenvalue weighted by Gasteiger charge is -1.96. The van der Waals surface area contributed by atoms with E-state index in [0.29, 0.717) is 6.42 Å². The van der Waals surface area contributed by atoms with Gasteiger partial charge in [-0.05, 0) is 6.92 Å². The molecule has 0 aliphatic heterocycles. The molecule has 0 spiro atoms. The molecular weight excluding hydrogens is 280 g/mol. The zero-order chi connectivity index (χ0) is 17.3. The minimum Gasteiger partial charge on any atom is -0.478 e. The summed E-state index contributed by atoms with van der Waals surface area (Å²) in [5.41, 5.74) is 0.176. The number of carboxylic acid groups (broad SMARTS) is 1. The van der Waals surface area contributed by atoms with E-state index in [9.17, 15) is 14.4 Å². The SMILES string of the molecule is C=C(C)C(=O)O.C=CC(=O)OC.C=CC(=O)OCCCO. The lowest BCUT2D eigenvalue weighted by atomic mass is 10.4. The largest absolute Gasteiger partial charge is 0.478 e. The number of carboxylic acids is 1. The Morgan fingerprint density at radius 1 is 1.14 bits per heavy atom. The van der Waals surface area contributed by atoms with E-state index in [1.165, 1.54) is 14.0 Å². The third-order valence-electron chi connectivity index (χ3n) is 1.45. The molecule has 0 heterocycles. The quantitative estimate of drug-likeness (QED) is 0.429. The number of hydrogen-bond acceptors (Lipinski definition) is 6. The van der Waals surface area contributed by atoms with Crippen LogP contribution in [0.2, 0.25) is 0 Å². The van der Waals surface area contributed by atoms with Crippen molar-refractivity contribution in [3.05, 3.63) is 37.5 Å². The van der Waals surface area contributed by atoms with E-state index < -0.39 is 17.9 Å². The standard InChI is InChI=1S/C6H10O3.2C4H6O2/c1-2-6(8)9-5-3-4-7;1-3-4(5)6-2;1-3(2)4(5)6/h2,7H,1,3-5H2;3H,1H2,2H3;1H2,2H3,(H,5,6). The highest BCUT2D eigenvalue weighted by atomic mass is 16.5. The fourth-order valence-corrected chi connectivity index (χ4v) is 0.380. The summed E-state index contributed by atoms with van der Waals surface area (Å²) >= 11 is 0. The van der Waals surface area contributed by atoms with Gasteiger partial charge in [-0.15, -0.1) is 0 Å². The number of aliphatic carboxylic acids is 1. The molecule has 0 fully saturated rings. The van der Waals surface area contributed by atoms with E-state index in [1.54, 1.807) is 0 Å². The third kappa shape index (κ3) is 27.0. The van der Waals surface area contributed by atoms with Crippen molar-refractivity contribution in [1.29, 1.82) is 0 Å². The summed E-state index contributed by atoms with van der Waals surface area (Å²) in [5, 5.41) is 16.1. The predicted octanol–water partition coefficient (Wildman–Crippen LogP) is 1.09. The van der Waals surface area contributed by atoms with Crippen molar-refractivity contribution in [3.8, 4) is 0 Å². The van der Waals surface area contributed by atoms with Crippen LogP contribution in [0.4, 0.5) is 0 Å². The molecule has 0 saturated heterocycles. The van der Waals surface area contributed by atoms with Gasteiger partial charge in [-0.25, -0.2) is 14.4 Å². The second kappa shape index (κ2) is 17.6. The van der Waals surface area contributed by atoms with Crippen molar-refractivity contribution >= 4 is 17.9 Å². The molecule has 0 aromatic rings. The second-order valence-electron chi connectivity index (χ2n) is 3.26. The molecule has 0 rings (SSSR count). The van der Waals surface area contributed by atoms with Crippen LogP contribution >= 0.6 is 0 Å². The molecule has 21 heavy (non-hydrogen) atoms. The molecule has 0 aromatic carbocycles. The molecule has 0 bridgehead atoms. The van der Waals surface area contributed by atoms with Crippen molar-refractivity contribution in [2.24, 2.45) is 0 Å². The Hall–Kier alpha value is -2.41. The number of rotatable bonds is 6. The summed E-state index contributed by atoms with van der Waals surface area (Å²) in [6.45, 7) is 11.3. The Labute approximate surface area is 124 Å². The summed E-state index contributed by atoms with van der Waals surface area (Å²) in [6.07, 6.45) is 2.69. The Bertz CT molecular complexity index is 344. The number of aliphatic hydroxyl groups is 1. The van der Waals surface area contributed by atoms with Crippen molar-refractivity contribution in [3.63, 3.8) is 0 Å². The maximum atomic E-state index is 10.3. The number of ether oxygens (including phenoxy) is 2. The maximum absolute atomic E-state index is 10.3. The summed E-state index contributed by atoms with van der Waals surface area (Å²) in [7, 11) is 1.31. The molecule has 0 aliphatic rings. The number of methoxy groups -OCH3 is 1. The van der Waals surface area contributed by atoms with Crippen LogP contribution in [0.5, 0.6) is 0 Å². The number of carbonyl (C=O) groups is 3. The second-order valence-corrected chi connectivity index (χ2v) is 3.26. The average molecular weight is 302 g/mol. The van der Waals surface area contributed by atoms with E-state index in [0.717, 1.165) is 12.2 Å². The number of carbonyl (C=O) groups excluding carboxylic acids is 2. The van der Waals surface area contributed by atoms with Crippen LogP contribution in [0.15, 0.2) is 37.5 Å². The molecule has 0 unspecified atom stereocenters. The molecule has 7 heteroatoms. The van der Waals surface area contributed by atoms with Crippen molar-refractivity contribution in [1.82, 2.24) is 0 Å². The van der Waals surface area contributed by atoms with E-state index in [1.807, 2.05) is 0 Å². The molecule has 0 amide bonds. The minimum atomic E-state index is -0.935. The highest BCUT2D eigenvalue weighted by Crippen LogP contribution is 1.82. The molecule has 0 saturated carbocycles. The zero-order valence-corrected chi connectivity index (χ0v) is 12.3. The summed E-state index contributed by atoms with van der Waals surface area (Å²) < 4.78 is 8.66. The van der Waals surface area contributed by atoms with Crippen molar-refractivity contribution < 1.29 is 34.1 Å². The first-order valence-electron chi connectivity index (χ1n) is 5.75. The molecule has 0 atom stereocenters. The topological polar surface area (TPSA) is 110 Å². The molecule has 0 radical (unpaired) electrons. The van der Waals surface area contributed by atoms with Crippen LogP contribution in [-0.2, 0) is 23.9 Å². The van der Waals surface area contributed by atoms with Gasteiger partial charge < -0.3 is 19.7 Å². The fourth-order valence-electron chi connectivity index (χ4n) is 0.380. The molecule has 0 aromatic heterocycles. The van der Waals surface area contributed by atoms with E-state index in [-0.39, 0.29) is 18.8 Å². The molecule has 7 nitrogen and oxygen atoms in total. The zero-order valence-electron chi connectivity index (χ0n) is 12.3. The normalized spacial score (nSPS) is 7.76. The van der Waals surface area contributed by atoms with Gasteiger partial charge in [-0.2, -0.15) is 0 Å². The number of hydrogen-bond donors (Lipinski definition) is 2. The Morgan fingerprint density at radius 2 is 1.57 bits per heavy atom. The van der Waals surface area contributed by atoms with Crippen molar-refractivity contribution in [2.45, 2.75) is 13.3 Å². The van der Waals surface area contributed by atoms with E-state index in [4.69, 9.17) is 10.2 Å². The van der Waals surface area contributed by atoms with Crippen LogP contribution in [0, 0.1) is 0 Å². The van der Waals surface area contributed by atoms with Crippen LogP contribution in [0.3, 0.4) is 0 Å². The summed E-state index contributed by atoms with van der Waals surface area (Å²) in [4.78, 5) is 29.7. The van der Waals surface area contributed by atoms with Gasteiger partial charge in [-0.3, -0.25) is 0 Å². The van der Waals surface area contributed by atoms with Crippen LogP contribution < -0.4 is 0 Å². The average Bonchev–Trinajstić information content (AvgIpc) is 2.47. The van der Waals surface area contributed by atoms with E-state index in [2.05, 4.69) is 29.2 Å². The smallest absolute Gasteiger partial charge is 0.330 e. The summed E-state index contributed by atoms with van der Waals surface area (Å²) in [5.74, 6) is -1.77. The number of aliphatic hydroxyl groups excluding tert-OH is 1. The van der Waals surface area contributed by atoms with Gasteiger partial charge in [0.2, 0.25) is 0 Å². The molecule has 0 aliphatic carbocycles. The molecule has 120 valence electrons. The lowest BCUT2D eigenvalue weighted by Crippen LogP contribution is -2.02. The monoisotopic (exact) mass is 302 g/mol. The Morgan fingerprint density at radius 3 is 1.76 bits per heavy atom. The van der Waals surface area contributed by atoms with Crippen LogP contribution in [-0.4, -0.2) is 48.4 Å². The highest BCUT2D eigenvalue weighted by Gasteiger charge is 1.92. The first-order chi connectivity index (χ1) is 9.76. The summed E-state index contributed by atoms with van der Waals surface area (Å²) in [6, 6.07) is 0. The number of esters is 2.